The number of carbonyl (C=O) groups is 2. The maximum absolute atomic E-state index is 12.9. The average molecular weight is 475 g/mol. The van der Waals surface area contributed by atoms with Crippen molar-refractivity contribution in [3.63, 3.8) is 0 Å². The molecule has 2 aromatic carbocycles. The van der Waals surface area contributed by atoms with Crippen LogP contribution in [0.3, 0.4) is 0 Å². The van der Waals surface area contributed by atoms with Gasteiger partial charge in [-0.1, -0.05) is 12.1 Å². The van der Waals surface area contributed by atoms with E-state index >= 15 is 0 Å². The molecule has 0 aliphatic carbocycles. The molecule has 0 spiro atoms. The minimum absolute atomic E-state index is 0.0450. The SMILES string of the molecule is COc1cc(OC)cc(C(=O)NC2CCN(c3ccccc3C(=O)NCc3ccncc3)CC2)c1. The zero-order chi connectivity index (χ0) is 24.6. The van der Waals surface area contributed by atoms with Crippen molar-refractivity contribution in [2.24, 2.45) is 0 Å². The quantitative estimate of drug-likeness (QED) is 0.520. The second-order valence-corrected chi connectivity index (χ2v) is 8.39. The Bertz CT molecular complexity index is 1140. The van der Waals surface area contributed by atoms with Gasteiger partial charge in [0.05, 0.1) is 19.8 Å². The molecule has 2 amide bonds. The monoisotopic (exact) mass is 474 g/mol. The van der Waals surface area contributed by atoms with Crippen LogP contribution in [-0.2, 0) is 6.54 Å². The summed E-state index contributed by atoms with van der Waals surface area (Å²) in [5, 5.41) is 6.12. The molecule has 1 aromatic heterocycles. The van der Waals surface area contributed by atoms with Crippen LogP contribution in [0.15, 0.2) is 67.0 Å². The molecule has 35 heavy (non-hydrogen) atoms. The molecule has 1 saturated heterocycles. The van der Waals surface area contributed by atoms with Gasteiger partial charge < -0.3 is 25.0 Å². The van der Waals surface area contributed by atoms with E-state index in [4.69, 9.17) is 9.47 Å². The third-order valence-electron chi connectivity index (χ3n) is 6.14. The predicted octanol–water partition coefficient (Wildman–Crippen LogP) is 3.43. The van der Waals surface area contributed by atoms with Crippen LogP contribution in [0, 0.1) is 0 Å². The summed E-state index contributed by atoms with van der Waals surface area (Å²) < 4.78 is 10.5. The first-order valence-electron chi connectivity index (χ1n) is 11.6. The molecule has 1 aliphatic heterocycles. The number of ether oxygens (including phenoxy) is 2. The lowest BCUT2D eigenvalue weighted by molar-refractivity contribution is 0.0929. The van der Waals surface area contributed by atoms with Crippen LogP contribution < -0.4 is 25.0 Å². The minimum Gasteiger partial charge on any atom is -0.497 e. The van der Waals surface area contributed by atoms with E-state index in [1.165, 1.54) is 0 Å². The van der Waals surface area contributed by atoms with Crippen LogP contribution in [0.4, 0.5) is 5.69 Å². The van der Waals surface area contributed by atoms with E-state index in [2.05, 4.69) is 20.5 Å². The summed E-state index contributed by atoms with van der Waals surface area (Å²) in [5.74, 6) is 0.877. The number of para-hydroxylation sites is 1. The van der Waals surface area contributed by atoms with Gasteiger partial charge in [0, 0.05) is 55.4 Å². The van der Waals surface area contributed by atoms with Gasteiger partial charge >= 0.3 is 0 Å². The molecule has 8 heteroatoms. The molecular formula is C27H30N4O4. The maximum Gasteiger partial charge on any atom is 0.253 e. The van der Waals surface area contributed by atoms with Crippen LogP contribution in [-0.4, -0.2) is 50.1 Å². The standard InChI is InChI=1S/C27H30N4O4/c1-34-22-15-20(16-23(17-22)35-2)26(32)30-21-9-13-31(14-10-21)25-6-4-3-5-24(25)27(33)29-18-19-7-11-28-12-8-19/h3-8,11-12,15-17,21H,9-10,13-14,18H2,1-2H3,(H,29,33)(H,30,32). The van der Waals surface area contributed by atoms with E-state index in [-0.39, 0.29) is 17.9 Å². The molecule has 0 radical (unpaired) electrons. The molecular weight excluding hydrogens is 444 g/mol. The predicted molar refractivity (Wildman–Crippen MR) is 134 cm³/mol. The molecule has 0 saturated carbocycles. The second kappa shape index (κ2) is 11.4. The summed E-state index contributed by atoms with van der Waals surface area (Å²) in [5.41, 5.74) is 3.05. The number of hydrogen-bond donors (Lipinski definition) is 2. The van der Waals surface area contributed by atoms with Crippen LogP contribution in [0.5, 0.6) is 11.5 Å². The zero-order valence-corrected chi connectivity index (χ0v) is 20.0. The number of anilines is 1. The molecule has 1 fully saturated rings. The van der Waals surface area contributed by atoms with Gasteiger partial charge in [0.1, 0.15) is 11.5 Å². The van der Waals surface area contributed by atoms with Gasteiger partial charge in [-0.2, -0.15) is 0 Å². The topological polar surface area (TPSA) is 92.8 Å². The smallest absolute Gasteiger partial charge is 0.253 e. The highest BCUT2D eigenvalue weighted by Gasteiger charge is 2.24. The maximum atomic E-state index is 12.9. The van der Waals surface area contributed by atoms with E-state index < -0.39 is 0 Å². The number of methoxy groups -OCH3 is 2. The number of aromatic nitrogens is 1. The highest BCUT2D eigenvalue weighted by molar-refractivity contribution is 6.00. The fourth-order valence-electron chi connectivity index (χ4n) is 4.19. The van der Waals surface area contributed by atoms with Crippen molar-refractivity contribution in [2.45, 2.75) is 25.4 Å². The van der Waals surface area contributed by atoms with Crippen LogP contribution >= 0.6 is 0 Å². The number of rotatable bonds is 8. The highest BCUT2D eigenvalue weighted by Crippen LogP contribution is 2.26. The Morgan fingerprint density at radius 3 is 2.26 bits per heavy atom. The zero-order valence-electron chi connectivity index (χ0n) is 20.0. The van der Waals surface area contributed by atoms with Crippen LogP contribution in [0.2, 0.25) is 0 Å². The van der Waals surface area contributed by atoms with E-state index in [0.29, 0.717) is 29.2 Å². The number of nitrogens with one attached hydrogen (secondary N) is 2. The average Bonchev–Trinajstić information content (AvgIpc) is 2.92. The van der Waals surface area contributed by atoms with Crippen molar-refractivity contribution in [3.8, 4) is 11.5 Å². The molecule has 0 atom stereocenters. The molecule has 2 N–H and O–H groups in total. The fourth-order valence-corrected chi connectivity index (χ4v) is 4.19. The van der Waals surface area contributed by atoms with Gasteiger partial charge in [-0.15, -0.1) is 0 Å². The number of piperidine rings is 1. The molecule has 0 bridgehead atoms. The Labute approximate surface area is 205 Å². The second-order valence-electron chi connectivity index (χ2n) is 8.39. The summed E-state index contributed by atoms with van der Waals surface area (Å²) in [6.45, 7) is 1.92. The largest absolute Gasteiger partial charge is 0.497 e. The fraction of sp³-hybridized carbons (Fsp3) is 0.296. The van der Waals surface area contributed by atoms with Crippen molar-refractivity contribution in [3.05, 3.63) is 83.7 Å². The van der Waals surface area contributed by atoms with Crippen molar-refractivity contribution in [1.82, 2.24) is 15.6 Å². The molecule has 3 aromatic rings. The number of nitrogens with zero attached hydrogens (tertiary/aromatic N) is 2. The van der Waals surface area contributed by atoms with E-state index in [0.717, 1.165) is 37.2 Å². The Balaban J connectivity index is 1.36. The van der Waals surface area contributed by atoms with Gasteiger partial charge in [-0.3, -0.25) is 14.6 Å². The van der Waals surface area contributed by atoms with Gasteiger partial charge in [-0.05, 0) is 54.8 Å². The molecule has 182 valence electrons. The summed E-state index contributed by atoms with van der Waals surface area (Å²) in [4.78, 5) is 32.0. The van der Waals surface area contributed by atoms with Crippen molar-refractivity contribution < 1.29 is 19.1 Å². The first-order valence-corrected chi connectivity index (χ1v) is 11.6. The summed E-state index contributed by atoms with van der Waals surface area (Å²) in [6.07, 6.45) is 4.98. The molecule has 1 aliphatic rings. The van der Waals surface area contributed by atoms with Crippen molar-refractivity contribution >= 4 is 17.5 Å². The Kier molecular flexibility index (Phi) is 7.82. The van der Waals surface area contributed by atoms with E-state index in [1.54, 1.807) is 44.8 Å². The Morgan fingerprint density at radius 1 is 0.943 bits per heavy atom. The number of pyridine rings is 1. The number of carbonyl (C=O) groups excluding carboxylic acids is 2. The lowest BCUT2D eigenvalue weighted by Crippen LogP contribution is -2.45. The van der Waals surface area contributed by atoms with E-state index in [9.17, 15) is 9.59 Å². The molecule has 0 unspecified atom stereocenters. The van der Waals surface area contributed by atoms with Gasteiger partial charge in [0.25, 0.3) is 11.8 Å². The number of amides is 2. The van der Waals surface area contributed by atoms with Gasteiger partial charge in [0.15, 0.2) is 0 Å². The molecule has 2 heterocycles. The third kappa shape index (κ3) is 6.09. The number of hydrogen-bond acceptors (Lipinski definition) is 6. The summed E-state index contributed by atoms with van der Waals surface area (Å²) >= 11 is 0. The lowest BCUT2D eigenvalue weighted by Gasteiger charge is -2.35. The van der Waals surface area contributed by atoms with Gasteiger partial charge in [0.2, 0.25) is 0 Å². The van der Waals surface area contributed by atoms with Crippen LogP contribution in [0.1, 0.15) is 39.1 Å². The third-order valence-corrected chi connectivity index (χ3v) is 6.14. The van der Waals surface area contributed by atoms with Crippen LogP contribution in [0.25, 0.3) is 0 Å². The highest BCUT2D eigenvalue weighted by atomic mass is 16.5. The van der Waals surface area contributed by atoms with E-state index in [1.807, 2.05) is 36.4 Å². The summed E-state index contributed by atoms with van der Waals surface area (Å²) in [7, 11) is 3.12. The minimum atomic E-state index is -0.156. The molecule has 8 nitrogen and oxygen atoms in total. The van der Waals surface area contributed by atoms with Crippen molar-refractivity contribution in [1.29, 1.82) is 0 Å². The first-order chi connectivity index (χ1) is 17.1. The van der Waals surface area contributed by atoms with Gasteiger partial charge in [-0.25, -0.2) is 0 Å². The Morgan fingerprint density at radius 2 is 1.60 bits per heavy atom. The summed E-state index contributed by atoms with van der Waals surface area (Å²) in [6, 6.07) is 16.6. The van der Waals surface area contributed by atoms with Crippen molar-refractivity contribution in [2.75, 3.05) is 32.2 Å². The Hall–Kier alpha value is -4.07. The molecule has 4 rings (SSSR count). The first kappa shape index (κ1) is 24.1. The normalized spacial score (nSPS) is 13.7. The number of benzene rings is 2. The lowest BCUT2D eigenvalue weighted by atomic mass is 10.0.